The van der Waals surface area contributed by atoms with Gasteiger partial charge in [0, 0.05) is 37.4 Å². The Morgan fingerprint density at radius 2 is 1.34 bits per heavy atom. The average molecular weight is 795 g/mol. The van der Waals surface area contributed by atoms with Crippen LogP contribution in [0.5, 0.6) is 17.2 Å². The number of rotatable bonds is 28. The molecule has 0 N–H and O–H groups in total. The Kier molecular flexibility index (Phi) is 20.9. The smallest absolute Gasteiger partial charge is 0.343 e. The molecule has 0 fully saturated rings. The number of carbonyl (C=O) groups excluding carboxylic acids is 4. The van der Waals surface area contributed by atoms with Gasteiger partial charge in [-0.25, -0.2) is 14.4 Å². The monoisotopic (exact) mass is 794 g/mol. The minimum Gasteiger partial charge on any atom is -0.490 e. The van der Waals surface area contributed by atoms with Gasteiger partial charge in [0.2, 0.25) is 0 Å². The number of hydrogen-bond donors (Lipinski definition) is 1. The van der Waals surface area contributed by atoms with Gasteiger partial charge in [-0.3, -0.25) is 4.79 Å². The van der Waals surface area contributed by atoms with Crippen molar-refractivity contribution in [3.05, 3.63) is 97.1 Å². The van der Waals surface area contributed by atoms with Gasteiger partial charge < -0.3 is 42.6 Å². The largest absolute Gasteiger partial charge is 0.490 e. The Hall–Kier alpha value is -5.15. The van der Waals surface area contributed by atoms with Gasteiger partial charge in [-0.1, -0.05) is 31.4 Å². The maximum atomic E-state index is 13.1. The lowest BCUT2D eigenvalue weighted by Gasteiger charge is -2.18. The first-order valence-electron chi connectivity index (χ1n) is 18.0. The van der Waals surface area contributed by atoms with E-state index in [-0.39, 0.29) is 25.9 Å². The van der Waals surface area contributed by atoms with Crippen LogP contribution in [-0.4, -0.2) is 96.6 Å². The van der Waals surface area contributed by atoms with E-state index >= 15 is 0 Å². The number of aryl methyl sites for hydroxylation is 1. The second-order valence-electron chi connectivity index (χ2n) is 12.2. The summed E-state index contributed by atoms with van der Waals surface area (Å²) in [5.74, 6) is -0.106. The van der Waals surface area contributed by atoms with E-state index in [2.05, 4.69) is 30.5 Å². The van der Waals surface area contributed by atoms with E-state index in [1.54, 1.807) is 43.5 Å². The molecule has 0 saturated heterocycles. The molecule has 0 aliphatic carbocycles. The molecule has 3 aromatic rings. The number of ether oxygens (including phenoxy) is 9. The average Bonchev–Trinajstić information content (AvgIpc) is 3.21. The molecule has 14 heteroatoms. The second kappa shape index (κ2) is 25.8. The third-order valence-corrected chi connectivity index (χ3v) is 8.32. The Labute approximate surface area is 333 Å². The topological polar surface area (TPSA) is 151 Å². The normalized spacial score (nSPS) is 11.8. The SMILES string of the molecule is C=CC(=O)OCCCCOCC(COc1ccc(C(=O)Oc2ccc(-c3ccc(OCC(COCCCCOC=O)OC(=O)C=C)cc3)cc2C)cc1S)OC. The van der Waals surface area contributed by atoms with Crippen molar-refractivity contribution in [2.75, 3.05) is 60.0 Å². The fourth-order valence-corrected chi connectivity index (χ4v) is 5.18. The lowest BCUT2D eigenvalue weighted by molar-refractivity contribution is -0.148. The summed E-state index contributed by atoms with van der Waals surface area (Å²) in [5.41, 5.74) is 2.88. The molecule has 3 rings (SSSR count). The third-order valence-electron chi connectivity index (χ3n) is 7.97. The predicted molar refractivity (Wildman–Crippen MR) is 210 cm³/mol. The summed E-state index contributed by atoms with van der Waals surface area (Å²) in [4.78, 5) is 46.6. The van der Waals surface area contributed by atoms with E-state index in [0.717, 1.165) is 35.3 Å². The zero-order valence-electron chi connectivity index (χ0n) is 31.8. The zero-order valence-corrected chi connectivity index (χ0v) is 32.7. The van der Waals surface area contributed by atoms with Crippen LogP contribution in [0.1, 0.15) is 41.6 Å². The highest BCUT2D eigenvalue weighted by atomic mass is 32.1. The summed E-state index contributed by atoms with van der Waals surface area (Å²) in [7, 11) is 1.57. The first-order valence-corrected chi connectivity index (χ1v) is 18.5. The van der Waals surface area contributed by atoms with Crippen molar-refractivity contribution in [1.29, 1.82) is 0 Å². The van der Waals surface area contributed by atoms with E-state index in [4.69, 9.17) is 37.9 Å². The highest BCUT2D eigenvalue weighted by molar-refractivity contribution is 7.80. The summed E-state index contributed by atoms with van der Waals surface area (Å²) < 4.78 is 49.2. The fourth-order valence-electron chi connectivity index (χ4n) is 4.90. The quantitative estimate of drug-likeness (QED) is 0.0161. The van der Waals surface area contributed by atoms with Gasteiger partial charge in [0.05, 0.1) is 32.0 Å². The van der Waals surface area contributed by atoms with Crippen molar-refractivity contribution in [3.63, 3.8) is 0 Å². The minimum absolute atomic E-state index is 0.0712. The molecule has 302 valence electrons. The molecule has 56 heavy (non-hydrogen) atoms. The number of unbranched alkanes of at least 4 members (excludes halogenated alkanes) is 2. The molecule has 2 atom stereocenters. The first-order chi connectivity index (χ1) is 27.2. The van der Waals surface area contributed by atoms with Crippen molar-refractivity contribution in [1.82, 2.24) is 0 Å². The molecular weight excluding hydrogens is 745 g/mol. The van der Waals surface area contributed by atoms with Crippen LogP contribution in [0.15, 0.2) is 90.9 Å². The molecule has 3 aromatic carbocycles. The van der Waals surface area contributed by atoms with Crippen LogP contribution < -0.4 is 14.2 Å². The molecule has 0 amide bonds. The summed E-state index contributed by atoms with van der Waals surface area (Å²) in [5, 5.41) is 0. The van der Waals surface area contributed by atoms with Gasteiger partial charge in [-0.15, -0.1) is 12.6 Å². The maximum absolute atomic E-state index is 13.1. The van der Waals surface area contributed by atoms with Gasteiger partial charge in [-0.2, -0.15) is 0 Å². The van der Waals surface area contributed by atoms with Crippen molar-refractivity contribution in [2.45, 2.75) is 49.7 Å². The van der Waals surface area contributed by atoms with Crippen LogP contribution in [0.3, 0.4) is 0 Å². The molecule has 0 aliphatic rings. The van der Waals surface area contributed by atoms with Gasteiger partial charge in [0.15, 0.2) is 6.10 Å². The minimum atomic E-state index is -0.652. The van der Waals surface area contributed by atoms with Gasteiger partial charge in [-0.05, 0) is 91.8 Å². The van der Waals surface area contributed by atoms with Crippen molar-refractivity contribution >= 4 is 37.0 Å². The fraction of sp³-hybridized carbons (Fsp3) is 0.381. The number of carbonyl (C=O) groups is 4. The first kappa shape index (κ1) is 45.2. The lowest BCUT2D eigenvalue weighted by Crippen LogP contribution is -2.29. The Morgan fingerprint density at radius 1 is 0.714 bits per heavy atom. The van der Waals surface area contributed by atoms with Crippen LogP contribution in [0.2, 0.25) is 0 Å². The van der Waals surface area contributed by atoms with Crippen molar-refractivity contribution < 1.29 is 61.8 Å². The van der Waals surface area contributed by atoms with Gasteiger partial charge in [0.25, 0.3) is 6.47 Å². The van der Waals surface area contributed by atoms with Crippen molar-refractivity contribution in [2.24, 2.45) is 0 Å². The molecule has 0 heterocycles. The maximum Gasteiger partial charge on any atom is 0.343 e. The Bertz CT molecular complexity index is 1710. The molecule has 2 unspecified atom stereocenters. The van der Waals surface area contributed by atoms with Gasteiger partial charge in [0.1, 0.15) is 36.6 Å². The van der Waals surface area contributed by atoms with Crippen LogP contribution in [0.4, 0.5) is 0 Å². The number of hydrogen-bond acceptors (Lipinski definition) is 14. The lowest BCUT2D eigenvalue weighted by atomic mass is 10.0. The molecule has 0 aromatic heterocycles. The van der Waals surface area contributed by atoms with Crippen LogP contribution in [0, 0.1) is 6.92 Å². The van der Waals surface area contributed by atoms with E-state index < -0.39 is 24.0 Å². The standard InChI is InChI=1S/C42H50O13S/c1-5-40(44)51-22-10-9-20-48-25-35(47-4)27-53-38-18-14-33(24-39(38)56)42(46)55-37-17-13-32(23-30(37)3)31-11-15-34(16-12-31)52-28-36(54-41(45)6-2)26-49-19-7-8-21-50-29-43/h5-6,11-18,23-24,29,35-36,56H,1-2,7-10,19-22,25-28H2,3-4H3. The number of benzene rings is 3. The highest BCUT2D eigenvalue weighted by Crippen LogP contribution is 2.29. The van der Waals surface area contributed by atoms with Crippen molar-refractivity contribution in [3.8, 4) is 28.4 Å². The third kappa shape index (κ3) is 16.7. The Morgan fingerprint density at radius 3 is 1.98 bits per heavy atom. The molecule has 0 bridgehead atoms. The van der Waals surface area contributed by atoms with E-state index in [1.807, 2.05) is 31.2 Å². The molecule has 0 aliphatic heterocycles. The molecule has 0 saturated carbocycles. The zero-order chi connectivity index (χ0) is 40.5. The summed E-state index contributed by atoms with van der Waals surface area (Å²) in [6, 6.07) is 17.8. The molecule has 0 spiro atoms. The van der Waals surface area contributed by atoms with Crippen LogP contribution in [-0.2, 0) is 42.8 Å². The number of methoxy groups -OCH3 is 1. The summed E-state index contributed by atoms with van der Waals surface area (Å²) in [6.45, 7) is 11.3. The summed E-state index contributed by atoms with van der Waals surface area (Å²) in [6.07, 6.45) is 3.96. The molecule has 13 nitrogen and oxygen atoms in total. The predicted octanol–water partition coefficient (Wildman–Crippen LogP) is 6.54. The Balaban J connectivity index is 1.47. The van der Waals surface area contributed by atoms with E-state index in [0.29, 0.717) is 86.5 Å². The second-order valence-corrected chi connectivity index (χ2v) is 12.7. The van der Waals surface area contributed by atoms with Gasteiger partial charge >= 0.3 is 17.9 Å². The van der Waals surface area contributed by atoms with E-state index in [9.17, 15) is 19.2 Å². The molecular formula is C42H50O13S. The van der Waals surface area contributed by atoms with E-state index in [1.165, 1.54) is 0 Å². The highest BCUT2D eigenvalue weighted by Gasteiger charge is 2.17. The summed E-state index contributed by atoms with van der Waals surface area (Å²) >= 11 is 4.51. The number of thiol groups is 1. The van der Waals surface area contributed by atoms with Crippen LogP contribution in [0.25, 0.3) is 11.1 Å². The number of esters is 3. The molecule has 0 radical (unpaired) electrons. The van der Waals surface area contributed by atoms with Crippen LogP contribution >= 0.6 is 12.6 Å².